The molecule has 0 spiro atoms. The normalized spacial score (nSPS) is 22.9. The van der Waals surface area contributed by atoms with Crippen molar-refractivity contribution >= 4 is 21.6 Å². The van der Waals surface area contributed by atoms with Crippen LogP contribution in [0.3, 0.4) is 0 Å². The summed E-state index contributed by atoms with van der Waals surface area (Å²) >= 11 is 0. The highest BCUT2D eigenvalue weighted by Gasteiger charge is 2.31. The van der Waals surface area contributed by atoms with E-state index in [0.717, 1.165) is 32.8 Å². The quantitative estimate of drug-likeness (QED) is 0.678. The van der Waals surface area contributed by atoms with E-state index in [1.807, 2.05) is 4.90 Å². The molecule has 1 aromatic heterocycles. The number of morpholine rings is 1. The minimum atomic E-state index is -2.98. The lowest BCUT2D eigenvalue weighted by atomic mass is 10.2. The second kappa shape index (κ2) is 8.28. The number of carbonyl (C=O) groups excluding carboxylic acids is 1. The Morgan fingerprint density at radius 3 is 2.85 bits per heavy atom. The monoisotopic (exact) mass is 383 g/mol. The van der Waals surface area contributed by atoms with Crippen LogP contribution in [0.15, 0.2) is 12.4 Å². The zero-order valence-corrected chi connectivity index (χ0v) is 15.7. The van der Waals surface area contributed by atoms with Crippen LogP contribution in [0.1, 0.15) is 16.9 Å². The number of amides is 1. The lowest BCUT2D eigenvalue weighted by molar-refractivity contribution is 0.0383. The third-order valence-electron chi connectivity index (χ3n) is 4.82. The third kappa shape index (κ3) is 4.89. The first-order valence-corrected chi connectivity index (χ1v) is 10.6. The molecule has 1 atom stereocenters. The van der Waals surface area contributed by atoms with Gasteiger partial charge in [-0.2, -0.15) is 0 Å². The number of hydrogen-bond acceptors (Lipinski definition) is 8. The Balaban J connectivity index is 1.55. The van der Waals surface area contributed by atoms with E-state index in [-0.39, 0.29) is 29.1 Å². The molecule has 9 nitrogen and oxygen atoms in total. The first-order chi connectivity index (χ1) is 12.4. The summed E-state index contributed by atoms with van der Waals surface area (Å²) < 4.78 is 28.6. The molecule has 10 heteroatoms. The van der Waals surface area contributed by atoms with Gasteiger partial charge in [0.1, 0.15) is 17.8 Å². The average molecular weight is 383 g/mol. The van der Waals surface area contributed by atoms with Crippen LogP contribution in [-0.4, -0.2) is 93.2 Å². The minimum absolute atomic E-state index is 0.118. The maximum Gasteiger partial charge on any atom is 0.270 e. The Labute approximate surface area is 153 Å². The molecule has 2 fully saturated rings. The van der Waals surface area contributed by atoms with Gasteiger partial charge in [0.05, 0.1) is 24.7 Å². The van der Waals surface area contributed by atoms with Crippen molar-refractivity contribution in [3.05, 3.63) is 18.1 Å². The molecular formula is C16H25N5O4S. The second-order valence-corrected chi connectivity index (χ2v) is 8.87. The third-order valence-corrected chi connectivity index (χ3v) is 6.57. The summed E-state index contributed by atoms with van der Waals surface area (Å²) in [5, 5.41) is 2.87. The molecule has 2 aliphatic heterocycles. The maximum absolute atomic E-state index is 12.3. The summed E-state index contributed by atoms with van der Waals surface area (Å²) in [6.07, 6.45) is 1.91. The van der Waals surface area contributed by atoms with Crippen molar-refractivity contribution in [1.82, 2.24) is 20.2 Å². The van der Waals surface area contributed by atoms with Crippen LogP contribution in [0.25, 0.3) is 0 Å². The molecule has 2 aliphatic rings. The van der Waals surface area contributed by atoms with Crippen molar-refractivity contribution in [1.29, 1.82) is 0 Å². The summed E-state index contributed by atoms with van der Waals surface area (Å²) in [7, 11) is -1.18. The van der Waals surface area contributed by atoms with E-state index in [0.29, 0.717) is 18.8 Å². The summed E-state index contributed by atoms with van der Waals surface area (Å²) in [4.78, 5) is 24.6. The molecule has 0 radical (unpaired) electrons. The van der Waals surface area contributed by atoms with Gasteiger partial charge in [-0.05, 0) is 6.42 Å². The van der Waals surface area contributed by atoms with Crippen molar-refractivity contribution in [2.75, 3.05) is 62.8 Å². The van der Waals surface area contributed by atoms with E-state index in [9.17, 15) is 13.2 Å². The lowest BCUT2D eigenvalue weighted by Gasteiger charge is -2.26. The Hall–Kier alpha value is -1.78. The number of rotatable bonds is 6. The standard InChI is InChI=1S/C16H25N5O4S/c1-20(13-2-9-26(23,24)11-13)15-10-14(18-12-19-15)16(22)17-3-4-21-5-7-25-8-6-21/h10,12-13H,2-9,11H2,1H3,(H,17,22). The largest absolute Gasteiger partial charge is 0.379 e. The first-order valence-electron chi connectivity index (χ1n) is 8.78. The zero-order chi connectivity index (χ0) is 18.6. The van der Waals surface area contributed by atoms with Crippen LogP contribution in [-0.2, 0) is 14.6 Å². The van der Waals surface area contributed by atoms with Gasteiger partial charge in [0.2, 0.25) is 0 Å². The Bertz CT molecular complexity index is 736. The predicted molar refractivity (Wildman–Crippen MR) is 97.1 cm³/mol. The van der Waals surface area contributed by atoms with E-state index >= 15 is 0 Å². The average Bonchev–Trinajstić information content (AvgIpc) is 3.02. The summed E-state index contributed by atoms with van der Waals surface area (Å²) in [5.74, 6) is 0.617. The molecule has 0 saturated carbocycles. The molecule has 1 aromatic rings. The van der Waals surface area contributed by atoms with E-state index in [1.165, 1.54) is 6.33 Å². The molecule has 0 aromatic carbocycles. The van der Waals surface area contributed by atoms with Crippen molar-refractivity contribution in [3.8, 4) is 0 Å². The highest BCUT2D eigenvalue weighted by atomic mass is 32.2. The smallest absolute Gasteiger partial charge is 0.270 e. The van der Waals surface area contributed by atoms with Gasteiger partial charge in [0, 0.05) is 45.3 Å². The second-order valence-electron chi connectivity index (χ2n) is 6.64. The van der Waals surface area contributed by atoms with Gasteiger partial charge < -0.3 is 15.0 Å². The molecule has 0 aliphatic carbocycles. The van der Waals surface area contributed by atoms with Gasteiger partial charge in [0.15, 0.2) is 9.84 Å². The predicted octanol–water partition coefficient (Wildman–Crippen LogP) is -0.838. The minimum Gasteiger partial charge on any atom is -0.379 e. The number of hydrogen-bond donors (Lipinski definition) is 1. The van der Waals surface area contributed by atoms with Crippen LogP contribution in [0.2, 0.25) is 0 Å². The van der Waals surface area contributed by atoms with Gasteiger partial charge in [-0.15, -0.1) is 0 Å². The van der Waals surface area contributed by atoms with Gasteiger partial charge in [0.25, 0.3) is 5.91 Å². The number of anilines is 1. The lowest BCUT2D eigenvalue weighted by Crippen LogP contribution is -2.41. The highest BCUT2D eigenvalue weighted by molar-refractivity contribution is 7.91. The Morgan fingerprint density at radius 2 is 2.15 bits per heavy atom. The summed E-state index contributed by atoms with van der Waals surface area (Å²) in [6, 6.07) is 1.49. The molecule has 1 unspecified atom stereocenters. The maximum atomic E-state index is 12.3. The van der Waals surface area contributed by atoms with Crippen LogP contribution in [0.4, 0.5) is 5.82 Å². The topological polar surface area (TPSA) is 105 Å². The van der Waals surface area contributed by atoms with Crippen LogP contribution in [0.5, 0.6) is 0 Å². The van der Waals surface area contributed by atoms with Crippen LogP contribution < -0.4 is 10.2 Å². The van der Waals surface area contributed by atoms with Gasteiger partial charge in [-0.25, -0.2) is 18.4 Å². The van der Waals surface area contributed by atoms with Crippen LogP contribution in [0, 0.1) is 0 Å². The molecule has 144 valence electrons. The Kier molecular flexibility index (Phi) is 6.05. The van der Waals surface area contributed by atoms with Gasteiger partial charge in [-0.3, -0.25) is 9.69 Å². The fourth-order valence-corrected chi connectivity index (χ4v) is 4.95. The SMILES string of the molecule is CN(c1cc(C(=O)NCCN2CCOCC2)ncn1)C1CCS(=O)(=O)C1. The summed E-state index contributed by atoms with van der Waals surface area (Å²) in [5.41, 5.74) is 0.282. The molecule has 1 amide bonds. The first kappa shape index (κ1) is 19.0. The van der Waals surface area contributed by atoms with Crippen molar-refractivity contribution in [3.63, 3.8) is 0 Å². The highest BCUT2D eigenvalue weighted by Crippen LogP contribution is 2.21. The molecule has 1 N–H and O–H groups in total. The molecular weight excluding hydrogens is 358 g/mol. The number of nitrogens with one attached hydrogen (secondary N) is 1. The van der Waals surface area contributed by atoms with E-state index in [2.05, 4.69) is 20.2 Å². The molecule has 2 saturated heterocycles. The molecule has 26 heavy (non-hydrogen) atoms. The van der Waals surface area contributed by atoms with Crippen molar-refractivity contribution in [2.45, 2.75) is 12.5 Å². The zero-order valence-electron chi connectivity index (χ0n) is 14.9. The van der Waals surface area contributed by atoms with Gasteiger partial charge >= 0.3 is 0 Å². The number of ether oxygens (including phenoxy) is 1. The van der Waals surface area contributed by atoms with Crippen molar-refractivity contribution in [2.24, 2.45) is 0 Å². The molecule has 0 bridgehead atoms. The number of sulfone groups is 1. The van der Waals surface area contributed by atoms with E-state index < -0.39 is 9.84 Å². The van der Waals surface area contributed by atoms with E-state index in [1.54, 1.807) is 13.1 Å². The number of carbonyl (C=O) groups is 1. The van der Waals surface area contributed by atoms with Crippen molar-refractivity contribution < 1.29 is 17.9 Å². The Morgan fingerprint density at radius 1 is 1.38 bits per heavy atom. The fourth-order valence-electron chi connectivity index (χ4n) is 3.17. The van der Waals surface area contributed by atoms with Gasteiger partial charge in [-0.1, -0.05) is 0 Å². The number of aromatic nitrogens is 2. The molecule has 3 rings (SSSR count). The summed E-state index contributed by atoms with van der Waals surface area (Å²) in [6.45, 7) is 4.52. The van der Waals surface area contributed by atoms with Crippen LogP contribution >= 0.6 is 0 Å². The molecule has 3 heterocycles. The number of nitrogens with zero attached hydrogens (tertiary/aromatic N) is 4. The van der Waals surface area contributed by atoms with E-state index in [4.69, 9.17) is 4.74 Å². The fraction of sp³-hybridized carbons (Fsp3) is 0.688.